The molecule has 2 N–H and O–H groups in total. The number of nitrogens with zero attached hydrogens (tertiary/aromatic N) is 2. The Balaban J connectivity index is 1.79. The van der Waals surface area contributed by atoms with Crippen molar-refractivity contribution in [3.05, 3.63) is 44.9 Å². The summed E-state index contributed by atoms with van der Waals surface area (Å²) < 4.78 is 5.15. The van der Waals surface area contributed by atoms with Crippen LogP contribution in [0, 0.1) is 6.92 Å². The minimum atomic E-state index is 0.717. The quantitative estimate of drug-likeness (QED) is 0.619. The number of benzene rings is 1. The highest BCUT2D eigenvalue weighted by atomic mass is 35.5. The number of thiazole rings is 1. The number of aromatic nitrogens is 1. The van der Waals surface area contributed by atoms with E-state index in [2.05, 4.69) is 20.6 Å². The van der Waals surface area contributed by atoms with E-state index < -0.39 is 0 Å². The van der Waals surface area contributed by atoms with Gasteiger partial charge in [-0.2, -0.15) is 0 Å². The molecule has 124 valence electrons. The molecule has 0 aliphatic rings. The summed E-state index contributed by atoms with van der Waals surface area (Å²) in [5.41, 5.74) is 1.08. The van der Waals surface area contributed by atoms with Crippen molar-refractivity contribution in [1.29, 1.82) is 0 Å². The topological polar surface area (TPSA) is 58.5 Å². The van der Waals surface area contributed by atoms with Gasteiger partial charge in [0.05, 0.1) is 18.7 Å². The SMILES string of the molecule is CN=C(NCCc1ccc(OC)cc1Cl)NCc1cnc(C)s1. The van der Waals surface area contributed by atoms with Gasteiger partial charge in [-0.15, -0.1) is 11.3 Å². The lowest BCUT2D eigenvalue weighted by Crippen LogP contribution is -2.37. The molecule has 1 aromatic carbocycles. The number of hydrogen-bond donors (Lipinski definition) is 2. The second-order valence-corrected chi connectivity index (χ2v) is 6.63. The van der Waals surface area contributed by atoms with E-state index in [4.69, 9.17) is 16.3 Å². The van der Waals surface area contributed by atoms with Crippen molar-refractivity contribution in [3.8, 4) is 5.75 Å². The van der Waals surface area contributed by atoms with Crippen LogP contribution in [0.2, 0.25) is 5.02 Å². The normalized spacial score (nSPS) is 11.4. The van der Waals surface area contributed by atoms with Crippen LogP contribution in [-0.4, -0.2) is 31.6 Å². The maximum absolute atomic E-state index is 6.24. The predicted octanol–water partition coefficient (Wildman–Crippen LogP) is 3.02. The van der Waals surface area contributed by atoms with E-state index in [-0.39, 0.29) is 0 Å². The maximum atomic E-state index is 6.24. The van der Waals surface area contributed by atoms with Crippen LogP contribution in [0.25, 0.3) is 0 Å². The van der Waals surface area contributed by atoms with Gasteiger partial charge in [0, 0.05) is 29.7 Å². The highest BCUT2D eigenvalue weighted by Gasteiger charge is 2.04. The van der Waals surface area contributed by atoms with Crippen LogP contribution in [0.5, 0.6) is 5.75 Å². The number of ether oxygens (including phenoxy) is 1. The minimum absolute atomic E-state index is 0.717. The van der Waals surface area contributed by atoms with Crippen LogP contribution in [0.15, 0.2) is 29.4 Å². The molecule has 0 unspecified atom stereocenters. The minimum Gasteiger partial charge on any atom is -0.497 e. The third-order valence-electron chi connectivity index (χ3n) is 3.27. The Labute approximate surface area is 145 Å². The van der Waals surface area contributed by atoms with Gasteiger partial charge in [0.15, 0.2) is 5.96 Å². The van der Waals surface area contributed by atoms with Crippen LogP contribution >= 0.6 is 22.9 Å². The number of halogens is 1. The highest BCUT2D eigenvalue weighted by Crippen LogP contribution is 2.22. The van der Waals surface area contributed by atoms with Gasteiger partial charge >= 0.3 is 0 Å². The van der Waals surface area contributed by atoms with Crippen LogP contribution in [0.4, 0.5) is 0 Å². The summed E-state index contributed by atoms with van der Waals surface area (Å²) in [5, 5.41) is 8.34. The van der Waals surface area contributed by atoms with Crippen molar-refractivity contribution >= 4 is 28.9 Å². The third-order valence-corrected chi connectivity index (χ3v) is 4.53. The first-order chi connectivity index (χ1) is 11.1. The van der Waals surface area contributed by atoms with Gasteiger partial charge in [-0.1, -0.05) is 17.7 Å². The maximum Gasteiger partial charge on any atom is 0.191 e. The molecule has 2 aromatic rings. The number of aryl methyl sites for hydroxylation is 1. The van der Waals surface area contributed by atoms with Gasteiger partial charge in [0.1, 0.15) is 5.75 Å². The first-order valence-corrected chi connectivity index (χ1v) is 8.50. The molecule has 0 bridgehead atoms. The fraction of sp³-hybridized carbons (Fsp3) is 0.375. The van der Waals surface area contributed by atoms with Crippen molar-refractivity contribution in [1.82, 2.24) is 15.6 Å². The zero-order chi connectivity index (χ0) is 16.7. The van der Waals surface area contributed by atoms with E-state index in [9.17, 15) is 0 Å². The van der Waals surface area contributed by atoms with Crippen LogP contribution < -0.4 is 15.4 Å². The van der Waals surface area contributed by atoms with E-state index >= 15 is 0 Å². The molecule has 0 saturated carbocycles. The van der Waals surface area contributed by atoms with Crippen LogP contribution in [0.3, 0.4) is 0 Å². The molecular weight excluding hydrogens is 332 g/mol. The number of guanidine groups is 1. The lowest BCUT2D eigenvalue weighted by Gasteiger charge is -2.12. The Kier molecular flexibility index (Phi) is 6.67. The lowest BCUT2D eigenvalue weighted by atomic mass is 10.1. The molecule has 0 atom stereocenters. The Bertz CT molecular complexity index is 672. The van der Waals surface area contributed by atoms with Gasteiger partial charge in [-0.25, -0.2) is 4.98 Å². The Hall–Kier alpha value is -1.79. The fourth-order valence-corrected chi connectivity index (χ4v) is 3.05. The fourth-order valence-electron chi connectivity index (χ4n) is 2.05. The Morgan fingerprint density at radius 2 is 2.22 bits per heavy atom. The first-order valence-electron chi connectivity index (χ1n) is 7.30. The molecule has 23 heavy (non-hydrogen) atoms. The summed E-state index contributed by atoms with van der Waals surface area (Å²) in [6.45, 7) is 3.46. The summed E-state index contributed by atoms with van der Waals surface area (Å²) in [4.78, 5) is 9.64. The molecule has 0 amide bonds. The summed E-state index contributed by atoms with van der Waals surface area (Å²) in [6, 6.07) is 5.73. The van der Waals surface area contributed by atoms with E-state index in [1.807, 2.05) is 31.3 Å². The van der Waals surface area contributed by atoms with Gasteiger partial charge in [0.2, 0.25) is 0 Å². The standard InChI is InChI=1S/C16H21ClN4OS/c1-11-20-9-14(23-11)10-21-16(18-2)19-7-6-12-4-5-13(22-3)8-15(12)17/h4-5,8-9H,6-7,10H2,1-3H3,(H2,18,19,21). The van der Waals surface area contributed by atoms with Crippen molar-refractivity contribution < 1.29 is 4.74 Å². The molecule has 2 rings (SSSR count). The molecular formula is C16H21ClN4OS. The zero-order valence-corrected chi connectivity index (χ0v) is 15.1. The summed E-state index contributed by atoms with van der Waals surface area (Å²) >= 11 is 7.92. The number of aliphatic imine (C=N–C) groups is 1. The van der Waals surface area contributed by atoms with Crippen molar-refractivity contribution in [2.45, 2.75) is 19.9 Å². The van der Waals surface area contributed by atoms with Gasteiger partial charge in [0.25, 0.3) is 0 Å². The summed E-state index contributed by atoms with van der Waals surface area (Å²) in [5.74, 6) is 1.53. The van der Waals surface area contributed by atoms with Crippen molar-refractivity contribution in [2.75, 3.05) is 20.7 Å². The summed E-state index contributed by atoms with van der Waals surface area (Å²) in [6.07, 6.45) is 2.70. The molecule has 0 fully saturated rings. The van der Waals surface area contributed by atoms with Gasteiger partial charge in [-0.05, 0) is 31.0 Å². The van der Waals surface area contributed by atoms with E-state index in [0.717, 1.165) is 35.2 Å². The lowest BCUT2D eigenvalue weighted by molar-refractivity contribution is 0.414. The average molecular weight is 353 g/mol. The van der Waals surface area contributed by atoms with Gasteiger partial charge in [-0.3, -0.25) is 4.99 Å². The largest absolute Gasteiger partial charge is 0.497 e. The van der Waals surface area contributed by atoms with E-state index in [0.29, 0.717) is 11.6 Å². The van der Waals surface area contributed by atoms with Crippen LogP contribution in [0.1, 0.15) is 15.4 Å². The Morgan fingerprint density at radius 3 is 2.83 bits per heavy atom. The molecule has 1 aromatic heterocycles. The summed E-state index contributed by atoms with van der Waals surface area (Å²) in [7, 11) is 3.39. The third kappa shape index (κ3) is 5.41. The smallest absolute Gasteiger partial charge is 0.191 e. The molecule has 0 aliphatic carbocycles. The number of hydrogen-bond acceptors (Lipinski definition) is 4. The zero-order valence-electron chi connectivity index (χ0n) is 13.5. The van der Waals surface area contributed by atoms with Crippen molar-refractivity contribution in [2.24, 2.45) is 4.99 Å². The molecule has 5 nitrogen and oxygen atoms in total. The Morgan fingerprint density at radius 1 is 1.39 bits per heavy atom. The molecule has 7 heteroatoms. The van der Waals surface area contributed by atoms with E-state index in [1.54, 1.807) is 25.5 Å². The first kappa shape index (κ1) is 17.6. The average Bonchev–Trinajstić information content (AvgIpc) is 2.97. The van der Waals surface area contributed by atoms with E-state index in [1.165, 1.54) is 4.88 Å². The highest BCUT2D eigenvalue weighted by molar-refractivity contribution is 7.11. The van der Waals surface area contributed by atoms with Gasteiger partial charge < -0.3 is 15.4 Å². The predicted molar refractivity (Wildman–Crippen MR) is 96.8 cm³/mol. The van der Waals surface area contributed by atoms with Crippen LogP contribution in [-0.2, 0) is 13.0 Å². The molecule has 0 radical (unpaired) electrons. The monoisotopic (exact) mass is 352 g/mol. The molecule has 0 aliphatic heterocycles. The molecule has 0 spiro atoms. The second-order valence-electron chi connectivity index (χ2n) is 4.91. The number of nitrogens with one attached hydrogen (secondary N) is 2. The number of methoxy groups -OCH3 is 1. The molecule has 0 saturated heterocycles. The second kappa shape index (κ2) is 8.74. The number of rotatable bonds is 6. The molecule has 1 heterocycles. The van der Waals surface area contributed by atoms with Crippen molar-refractivity contribution in [3.63, 3.8) is 0 Å².